The third kappa shape index (κ3) is 4.58. The highest BCUT2D eigenvalue weighted by Gasteiger charge is 2.20. The second-order valence-electron chi connectivity index (χ2n) is 7.50. The normalized spacial score (nSPS) is 10.7. The molecule has 160 valence electrons. The van der Waals surface area contributed by atoms with Crippen molar-refractivity contribution in [3.8, 4) is 11.9 Å². The highest BCUT2D eigenvalue weighted by atomic mass is 16.5. The van der Waals surface area contributed by atoms with Gasteiger partial charge in [0.15, 0.2) is 5.65 Å². The van der Waals surface area contributed by atoms with Crippen LogP contribution in [0.15, 0.2) is 36.9 Å². The number of pyridine rings is 1. The van der Waals surface area contributed by atoms with Crippen LogP contribution in [0.25, 0.3) is 11.0 Å². The van der Waals surface area contributed by atoms with Gasteiger partial charge in [0.05, 0.1) is 24.1 Å². The highest BCUT2D eigenvalue weighted by Crippen LogP contribution is 2.30. The summed E-state index contributed by atoms with van der Waals surface area (Å²) in [6, 6.07) is 9.39. The second kappa shape index (κ2) is 9.43. The van der Waals surface area contributed by atoms with Crippen LogP contribution in [-0.2, 0) is 24.8 Å². The summed E-state index contributed by atoms with van der Waals surface area (Å²) in [5.41, 5.74) is 5.34. The van der Waals surface area contributed by atoms with Crippen LogP contribution in [-0.4, -0.2) is 39.2 Å². The molecule has 1 amide bonds. The zero-order chi connectivity index (χ0) is 22.5. The molecule has 0 saturated heterocycles. The van der Waals surface area contributed by atoms with Gasteiger partial charge in [0, 0.05) is 32.3 Å². The Kier molecular flexibility index (Phi) is 6.71. The predicted octanol–water partition coefficient (Wildman–Crippen LogP) is 3.61. The fourth-order valence-electron chi connectivity index (χ4n) is 3.81. The van der Waals surface area contributed by atoms with Gasteiger partial charge < -0.3 is 9.64 Å². The van der Waals surface area contributed by atoms with E-state index in [9.17, 15) is 4.79 Å². The molecule has 0 radical (unpaired) electrons. The molecular weight excluding hydrogens is 390 g/mol. The summed E-state index contributed by atoms with van der Waals surface area (Å²) in [6.07, 6.45) is 2.67. The maximum absolute atomic E-state index is 13.0. The Hall–Kier alpha value is -3.66. The zero-order valence-corrected chi connectivity index (χ0v) is 18.5. The van der Waals surface area contributed by atoms with Crippen molar-refractivity contribution < 1.29 is 9.53 Å². The van der Waals surface area contributed by atoms with Crippen LogP contribution in [0.4, 0.5) is 0 Å². The monoisotopic (exact) mass is 417 g/mol. The Balaban J connectivity index is 1.79. The van der Waals surface area contributed by atoms with Gasteiger partial charge >= 0.3 is 0 Å². The van der Waals surface area contributed by atoms with Crippen molar-refractivity contribution in [1.82, 2.24) is 19.7 Å². The quantitative estimate of drug-likeness (QED) is 0.523. The summed E-state index contributed by atoms with van der Waals surface area (Å²) in [5, 5.41) is 14.2. The molecule has 0 aliphatic carbocycles. The SMILES string of the molecule is C=CCN(Cc1ccc(C#N)cc1)C(=O)CCc1c(C)nc2c(c(OC)nn2C)c1C. The van der Waals surface area contributed by atoms with Gasteiger partial charge in [-0.15, -0.1) is 11.7 Å². The van der Waals surface area contributed by atoms with E-state index in [0.717, 1.165) is 33.4 Å². The molecular formula is C24H27N5O2. The van der Waals surface area contributed by atoms with E-state index in [1.54, 1.807) is 34.9 Å². The van der Waals surface area contributed by atoms with E-state index >= 15 is 0 Å². The molecule has 2 heterocycles. The van der Waals surface area contributed by atoms with Gasteiger partial charge in [-0.3, -0.25) is 4.79 Å². The van der Waals surface area contributed by atoms with Crippen LogP contribution in [0.1, 0.15) is 34.4 Å². The van der Waals surface area contributed by atoms with E-state index in [1.807, 2.05) is 33.0 Å². The summed E-state index contributed by atoms with van der Waals surface area (Å²) in [6.45, 7) is 8.71. The second-order valence-corrected chi connectivity index (χ2v) is 7.50. The van der Waals surface area contributed by atoms with Gasteiger partial charge in [0.1, 0.15) is 0 Å². The Bertz CT molecular complexity index is 1160. The lowest BCUT2D eigenvalue weighted by atomic mass is 10.00. The lowest BCUT2D eigenvalue weighted by Gasteiger charge is -2.22. The van der Waals surface area contributed by atoms with Gasteiger partial charge in [-0.2, -0.15) is 5.26 Å². The molecule has 0 N–H and O–H groups in total. The number of carbonyl (C=O) groups excluding carboxylic acids is 1. The van der Waals surface area contributed by atoms with Crippen LogP contribution in [0, 0.1) is 25.2 Å². The largest absolute Gasteiger partial charge is 0.479 e. The number of nitriles is 1. The topological polar surface area (TPSA) is 84.0 Å². The molecule has 0 bridgehead atoms. The first-order chi connectivity index (χ1) is 14.9. The lowest BCUT2D eigenvalue weighted by Crippen LogP contribution is -2.31. The minimum Gasteiger partial charge on any atom is -0.479 e. The standard InChI is InChI=1S/C24H27N5O2/c1-6-13-29(15-19-9-7-18(14-25)8-10-19)21(30)12-11-20-16(2)22-23(26-17(20)3)28(4)27-24(22)31-5/h6-10H,1,11-13,15H2,2-5H3. The van der Waals surface area contributed by atoms with Gasteiger partial charge in [0.2, 0.25) is 11.8 Å². The van der Waals surface area contributed by atoms with Crippen molar-refractivity contribution in [3.05, 3.63) is 64.9 Å². The first-order valence-corrected chi connectivity index (χ1v) is 10.1. The molecule has 0 spiro atoms. The van der Waals surface area contributed by atoms with E-state index < -0.39 is 0 Å². The van der Waals surface area contributed by atoms with E-state index in [0.29, 0.717) is 37.4 Å². The Morgan fingerprint density at radius 2 is 2.03 bits per heavy atom. The number of nitrogens with zero attached hydrogens (tertiary/aromatic N) is 5. The van der Waals surface area contributed by atoms with Crippen molar-refractivity contribution in [2.24, 2.45) is 7.05 Å². The van der Waals surface area contributed by atoms with Crippen molar-refractivity contribution in [2.75, 3.05) is 13.7 Å². The molecule has 0 unspecified atom stereocenters. The maximum atomic E-state index is 13.0. The summed E-state index contributed by atoms with van der Waals surface area (Å²) >= 11 is 0. The number of rotatable bonds is 8. The zero-order valence-electron chi connectivity index (χ0n) is 18.5. The summed E-state index contributed by atoms with van der Waals surface area (Å²) in [4.78, 5) is 19.5. The molecule has 0 atom stereocenters. The van der Waals surface area contributed by atoms with Crippen LogP contribution >= 0.6 is 0 Å². The van der Waals surface area contributed by atoms with Crippen LogP contribution < -0.4 is 4.74 Å². The number of aromatic nitrogens is 3. The number of ether oxygens (including phenoxy) is 1. The van der Waals surface area contributed by atoms with Crippen molar-refractivity contribution in [2.45, 2.75) is 33.2 Å². The minimum atomic E-state index is 0.0429. The third-order valence-corrected chi connectivity index (χ3v) is 5.46. The fourth-order valence-corrected chi connectivity index (χ4v) is 3.81. The molecule has 7 nitrogen and oxygen atoms in total. The van der Waals surface area contributed by atoms with E-state index in [4.69, 9.17) is 15.0 Å². The van der Waals surface area contributed by atoms with Gasteiger partial charge in [-0.25, -0.2) is 9.67 Å². The first kappa shape index (κ1) is 22.0. The fraction of sp³-hybridized carbons (Fsp3) is 0.333. The lowest BCUT2D eigenvalue weighted by molar-refractivity contribution is -0.131. The Labute approximate surface area is 182 Å². The molecule has 3 aromatic rings. The maximum Gasteiger partial charge on any atom is 0.242 e. The van der Waals surface area contributed by atoms with E-state index in [2.05, 4.69) is 17.7 Å². The van der Waals surface area contributed by atoms with Crippen LogP contribution in [0.3, 0.4) is 0 Å². The number of methoxy groups -OCH3 is 1. The van der Waals surface area contributed by atoms with Gasteiger partial charge in [-0.1, -0.05) is 18.2 Å². The number of fused-ring (bicyclic) bond motifs is 1. The number of benzene rings is 1. The molecule has 31 heavy (non-hydrogen) atoms. The van der Waals surface area contributed by atoms with Crippen molar-refractivity contribution >= 4 is 16.9 Å². The molecule has 0 fully saturated rings. The summed E-state index contributed by atoms with van der Waals surface area (Å²) in [7, 11) is 3.44. The molecule has 2 aromatic heterocycles. The van der Waals surface area contributed by atoms with Gasteiger partial charge in [-0.05, 0) is 49.1 Å². The van der Waals surface area contributed by atoms with E-state index in [-0.39, 0.29) is 5.91 Å². The number of carbonyl (C=O) groups is 1. The average molecular weight is 418 g/mol. The Morgan fingerprint density at radius 1 is 1.32 bits per heavy atom. The molecule has 1 aromatic carbocycles. The molecule has 0 aliphatic heterocycles. The van der Waals surface area contributed by atoms with Gasteiger partial charge in [0.25, 0.3) is 0 Å². The Morgan fingerprint density at radius 3 is 2.65 bits per heavy atom. The molecule has 7 heteroatoms. The van der Waals surface area contributed by atoms with Crippen molar-refractivity contribution in [3.63, 3.8) is 0 Å². The molecule has 0 saturated carbocycles. The van der Waals surface area contributed by atoms with Crippen LogP contribution in [0.5, 0.6) is 5.88 Å². The minimum absolute atomic E-state index is 0.0429. The number of hydrogen-bond donors (Lipinski definition) is 0. The highest BCUT2D eigenvalue weighted by molar-refractivity contribution is 5.86. The van der Waals surface area contributed by atoms with Crippen LogP contribution in [0.2, 0.25) is 0 Å². The number of hydrogen-bond acceptors (Lipinski definition) is 5. The summed E-state index contributed by atoms with van der Waals surface area (Å²) in [5.74, 6) is 0.588. The van der Waals surface area contributed by atoms with Crippen molar-refractivity contribution in [1.29, 1.82) is 5.26 Å². The number of aryl methyl sites for hydroxylation is 3. The predicted molar refractivity (Wildman–Crippen MR) is 120 cm³/mol. The summed E-state index contributed by atoms with van der Waals surface area (Å²) < 4.78 is 7.14. The van der Waals surface area contributed by atoms with E-state index in [1.165, 1.54) is 0 Å². The average Bonchev–Trinajstić information content (AvgIpc) is 3.09. The molecule has 0 aliphatic rings. The molecule has 3 rings (SSSR count). The third-order valence-electron chi connectivity index (χ3n) is 5.46. The first-order valence-electron chi connectivity index (χ1n) is 10.1. The smallest absolute Gasteiger partial charge is 0.242 e. The number of amides is 1.